The van der Waals surface area contributed by atoms with Crippen LogP contribution >= 0.6 is 15.9 Å². The normalized spacial score (nSPS) is 12.8. The van der Waals surface area contributed by atoms with Crippen LogP contribution in [0, 0.1) is 5.92 Å². The molecule has 0 bridgehead atoms. The Balaban J connectivity index is 2.18. The number of anilines is 1. The highest BCUT2D eigenvalue weighted by Crippen LogP contribution is 2.35. The molecule has 2 aromatic carbocycles. The summed E-state index contributed by atoms with van der Waals surface area (Å²) in [5.74, 6) is -0.224. The molecule has 2 amide bonds. The first kappa shape index (κ1) is 25.4. The lowest BCUT2D eigenvalue weighted by Crippen LogP contribution is -2.22. The van der Waals surface area contributed by atoms with Gasteiger partial charge in [-0.2, -0.15) is 0 Å². The van der Waals surface area contributed by atoms with Crippen LogP contribution < -0.4 is 15.5 Å². The third-order valence-electron chi connectivity index (χ3n) is 4.58. The summed E-state index contributed by atoms with van der Waals surface area (Å²) >= 11 is 3.35. The number of allylic oxidation sites excluding steroid dienone is 1. The fourth-order valence-corrected chi connectivity index (χ4v) is 3.29. The molecule has 0 saturated heterocycles. The number of ether oxygens (including phenoxy) is 2. The Hall–Kier alpha value is -2.88. The molecule has 0 saturated carbocycles. The Labute approximate surface area is 195 Å². The van der Waals surface area contributed by atoms with Crippen molar-refractivity contribution >= 4 is 33.6 Å². The first-order chi connectivity index (χ1) is 15.4. The average molecular weight is 507 g/mol. The molecule has 0 heterocycles. The minimum absolute atomic E-state index is 0.113. The van der Waals surface area contributed by atoms with E-state index in [4.69, 9.17) is 19.8 Å². The maximum Gasteiger partial charge on any atom is 0.412 e. The van der Waals surface area contributed by atoms with E-state index < -0.39 is 18.1 Å². The van der Waals surface area contributed by atoms with Gasteiger partial charge >= 0.3 is 6.09 Å². The lowest BCUT2D eigenvalue weighted by atomic mass is 9.92. The van der Waals surface area contributed by atoms with Gasteiger partial charge in [-0.15, -0.1) is 0 Å². The van der Waals surface area contributed by atoms with E-state index in [2.05, 4.69) is 21.2 Å². The summed E-state index contributed by atoms with van der Waals surface area (Å²) in [7, 11) is 0. The molecule has 2 aromatic rings. The Kier molecular flexibility index (Phi) is 10.7. The average Bonchev–Trinajstić information content (AvgIpc) is 2.80. The number of aliphatic hydroxyl groups excluding tert-OH is 1. The number of hydrogen-bond acceptors (Lipinski definition) is 6. The Bertz CT molecular complexity index is 904. The molecule has 0 aromatic heterocycles. The molecule has 172 valence electrons. The zero-order valence-electron chi connectivity index (χ0n) is 17.7. The molecule has 8 nitrogen and oxygen atoms in total. The number of nitrogens with one attached hydrogen (secondary N) is 2. The molecule has 0 aliphatic carbocycles. The molecule has 32 heavy (non-hydrogen) atoms. The quantitative estimate of drug-likeness (QED) is 0.201. The van der Waals surface area contributed by atoms with E-state index in [1.54, 1.807) is 30.3 Å². The lowest BCUT2D eigenvalue weighted by molar-refractivity contribution is -0.124. The van der Waals surface area contributed by atoms with Crippen molar-refractivity contribution in [2.45, 2.75) is 25.9 Å². The third-order valence-corrected chi connectivity index (χ3v) is 5.11. The molecule has 0 aliphatic rings. The minimum atomic E-state index is -0.639. The van der Waals surface area contributed by atoms with Crippen molar-refractivity contribution in [1.29, 1.82) is 0 Å². The summed E-state index contributed by atoms with van der Waals surface area (Å²) in [5.41, 5.74) is 2.81. The first-order valence-corrected chi connectivity index (χ1v) is 10.9. The molecular weight excluding hydrogens is 480 g/mol. The zero-order valence-corrected chi connectivity index (χ0v) is 19.2. The van der Waals surface area contributed by atoms with Gasteiger partial charge in [0.25, 0.3) is 5.91 Å². The number of benzene rings is 2. The van der Waals surface area contributed by atoms with Crippen LogP contribution in [0.4, 0.5) is 10.5 Å². The van der Waals surface area contributed by atoms with Crippen molar-refractivity contribution in [2.24, 2.45) is 5.92 Å². The van der Waals surface area contributed by atoms with Gasteiger partial charge in [0.1, 0.15) is 18.5 Å². The van der Waals surface area contributed by atoms with E-state index in [0.717, 1.165) is 4.47 Å². The van der Waals surface area contributed by atoms with E-state index in [1.165, 1.54) is 11.6 Å². The van der Waals surface area contributed by atoms with Crippen molar-refractivity contribution < 1.29 is 29.4 Å². The highest BCUT2D eigenvalue weighted by Gasteiger charge is 2.26. The van der Waals surface area contributed by atoms with E-state index in [-0.39, 0.29) is 19.1 Å². The SMILES string of the molecule is C[C@@H](CC/C=C/C(=O)NO)[C@@H](OC(=O)Nc1ccc(Br)cc1)c1ccccc1OCCO. The van der Waals surface area contributed by atoms with Crippen molar-refractivity contribution in [1.82, 2.24) is 5.48 Å². The van der Waals surface area contributed by atoms with Crippen molar-refractivity contribution in [3.8, 4) is 5.75 Å². The molecule has 0 unspecified atom stereocenters. The Morgan fingerprint density at radius 2 is 1.88 bits per heavy atom. The number of halogens is 1. The van der Waals surface area contributed by atoms with Gasteiger partial charge in [-0.05, 0) is 49.1 Å². The largest absolute Gasteiger partial charge is 0.491 e. The summed E-state index contributed by atoms with van der Waals surface area (Å²) < 4.78 is 12.3. The topological polar surface area (TPSA) is 117 Å². The van der Waals surface area contributed by atoms with Crippen LogP contribution in [-0.2, 0) is 9.53 Å². The molecule has 0 radical (unpaired) electrons. The second kappa shape index (κ2) is 13.5. The number of para-hydroxylation sites is 1. The minimum Gasteiger partial charge on any atom is -0.491 e. The van der Waals surface area contributed by atoms with Crippen LogP contribution in [0.25, 0.3) is 0 Å². The van der Waals surface area contributed by atoms with Crippen molar-refractivity contribution in [3.05, 3.63) is 70.7 Å². The summed E-state index contributed by atoms with van der Waals surface area (Å²) in [6.45, 7) is 1.90. The van der Waals surface area contributed by atoms with Crippen LogP contribution in [-0.4, -0.2) is 35.5 Å². The van der Waals surface area contributed by atoms with E-state index in [9.17, 15) is 9.59 Å². The van der Waals surface area contributed by atoms with Gasteiger partial charge in [-0.3, -0.25) is 15.3 Å². The highest BCUT2D eigenvalue weighted by atomic mass is 79.9. The van der Waals surface area contributed by atoms with Crippen LogP contribution in [0.3, 0.4) is 0 Å². The maximum absolute atomic E-state index is 12.6. The molecule has 9 heteroatoms. The van der Waals surface area contributed by atoms with Crippen LogP contribution in [0.5, 0.6) is 5.75 Å². The predicted molar refractivity (Wildman–Crippen MR) is 123 cm³/mol. The van der Waals surface area contributed by atoms with Crippen LogP contribution in [0.2, 0.25) is 0 Å². The Morgan fingerprint density at radius 1 is 1.16 bits per heavy atom. The van der Waals surface area contributed by atoms with Gasteiger partial charge in [0.05, 0.1) is 6.61 Å². The standard InChI is InChI=1S/C23H27BrN2O6/c1-16(6-2-5-9-21(28)26-30)22(19-7-3-4-8-20(19)31-15-14-27)32-23(29)25-18-12-10-17(24)11-13-18/h3-5,7-13,16,22,27,30H,2,6,14-15H2,1H3,(H,25,29)(H,26,28)/b9-5+/t16-,22+/m0/s1. The van der Waals surface area contributed by atoms with Crippen molar-refractivity contribution in [2.75, 3.05) is 18.5 Å². The fourth-order valence-electron chi connectivity index (χ4n) is 3.02. The van der Waals surface area contributed by atoms with E-state index in [1.807, 2.05) is 31.2 Å². The summed E-state index contributed by atoms with van der Waals surface area (Å²) in [6.07, 6.45) is 2.75. The molecular formula is C23H27BrN2O6. The van der Waals surface area contributed by atoms with Crippen LogP contribution in [0.15, 0.2) is 65.2 Å². The summed E-state index contributed by atoms with van der Waals surface area (Å²) in [5, 5.41) is 20.4. The van der Waals surface area contributed by atoms with Gasteiger partial charge in [-0.1, -0.05) is 47.1 Å². The second-order valence-electron chi connectivity index (χ2n) is 7.00. The molecule has 2 atom stereocenters. The number of carbonyl (C=O) groups excluding carboxylic acids is 2. The second-order valence-corrected chi connectivity index (χ2v) is 7.92. The third kappa shape index (κ3) is 8.33. The number of rotatable bonds is 11. The number of hydrogen-bond donors (Lipinski definition) is 4. The number of carbonyl (C=O) groups is 2. The number of aliphatic hydroxyl groups is 1. The Morgan fingerprint density at radius 3 is 2.56 bits per heavy atom. The molecule has 0 aliphatic heterocycles. The zero-order chi connectivity index (χ0) is 23.3. The van der Waals surface area contributed by atoms with E-state index in [0.29, 0.717) is 29.8 Å². The van der Waals surface area contributed by atoms with Gasteiger partial charge in [-0.25, -0.2) is 10.3 Å². The van der Waals surface area contributed by atoms with E-state index >= 15 is 0 Å². The summed E-state index contributed by atoms with van der Waals surface area (Å²) in [4.78, 5) is 23.8. The molecule has 0 spiro atoms. The highest BCUT2D eigenvalue weighted by molar-refractivity contribution is 9.10. The predicted octanol–water partition coefficient (Wildman–Crippen LogP) is 4.59. The lowest BCUT2D eigenvalue weighted by Gasteiger charge is -2.26. The first-order valence-electron chi connectivity index (χ1n) is 10.1. The fraction of sp³-hybridized carbons (Fsp3) is 0.304. The van der Waals surface area contributed by atoms with Gasteiger partial charge in [0.2, 0.25) is 0 Å². The molecule has 4 N–H and O–H groups in total. The van der Waals surface area contributed by atoms with Crippen LogP contribution in [0.1, 0.15) is 31.4 Å². The number of amides is 2. The monoisotopic (exact) mass is 506 g/mol. The smallest absolute Gasteiger partial charge is 0.412 e. The molecule has 2 rings (SSSR count). The summed E-state index contributed by atoms with van der Waals surface area (Å²) in [6, 6.07) is 14.3. The van der Waals surface area contributed by atoms with Gasteiger partial charge in [0, 0.05) is 21.8 Å². The van der Waals surface area contributed by atoms with Gasteiger partial charge < -0.3 is 14.6 Å². The maximum atomic E-state index is 12.6. The molecule has 0 fully saturated rings. The van der Waals surface area contributed by atoms with Gasteiger partial charge in [0.15, 0.2) is 0 Å². The van der Waals surface area contributed by atoms with Crippen molar-refractivity contribution in [3.63, 3.8) is 0 Å². The number of hydroxylamine groups is 1.